The van der Waals surface area contributed by atoms with Crippen molar-refractivity contribution in [3.63, 3.8) is 0 Å². The molecule has 1 saturated carbocycles. The van der Waals surface area contributed by atoms with Crippen molar-refractivity contribution in [3.05, 3.63) is 35.5 Å². The number of aliphatic hydroxyl groups excluding tert-OH is 2. The number of ketones is 2. The van der Waals surface area contributed by atoms with Gasteiger partial charge >= 0.3 is 11.9 Å². The molecule has 30 nitrogen and oxygen atoms in total. The first-order valence-electron chi connectivity index (χ1n) is 37.6. The smallest absolute Gasteiger partial charge is 0.330 e. The second-order valence-corrected chi connectivity index (χ2v) is 25.8. The van der Waals surface area contributed by atoms with Gasteiger partial charge in [0.2, 0.25) is 5.79 Å². The summed E-state index contributed by atoms with van der Waals surface area (Å²) in [5.74, 6) is 107. The highest BCUT2D eigenvalue weighted by atomic mass is 17.9. The summed E-state index contributed by atoms with van der Waals surface area (Å²) in [4.78, 5) is 78.2. The van der Waals surface area contributed by atoms with E-state index in [1.165, 1.54) is 25.9 Å². The average Bonchev–Trinajstić information content (AvgIpc) is 0.765. The third-order valence-electron chi connectivity index (χ3n) is 16.8. The van der Waals surface area contributed by atoms with E-state index in [-0.39, 0.29) is 104 Å². The van der Waals surface area contributed by atoms with Crippen LogP contribution < -0.4 is 5.64 Å². The number of allylic oxidation sites excluding steroid dienone is 4. The van der Waals surface area contributed by atoms with E-state index in [4.69, 9.17) is 38.9 Å². The lowest BCUT2D eigenvalue weighted by atomic mass is 9.81. The van der Waals surface area contributed by atoms with E-state index >= 15 is 0 Å². The van der Waals surface area contributed by atoms with Gasteiger partial charge in [0, 0.05) is 272 Å². The van der Waals surface area contributed by atoms with Crippen LogP contribution in [-0.2, 0) is 113 Å². The van der Waals surface area contributed by atoms with Crippen LogP contribution in [0.25, 0.3) is 0 Å². The number of fused-ring (bicyclic) bond motifs is 3. The molecule has 4 rings (SSSR count). The van der Waals surface area contributed by atoms with Crippen LogP contribution in [0, 0.1) is 302 Å². The van der Waals surface area contributed by atoms with Crippen molar-refractivity contribution in [1.29, 1.82) is 0 Å². The van der Waals surface area contributed by atoms with Gasteiger partial charge in [-0.15, -0.1) is 0 Å². The lowest BCUT2D eigenvalue weighted by Crippen LogP contribution is -2.64. The Labute approximate surface area is 784 Å². The molecule has 0 aromatic heterocycles. The number of nitrogens with zero attached hydrogens (tertiary/aromatic N) is 1. The zero-order valence-electron chi connectivity index (χ0n) is 70.5. The molecule has 0 spiro atoms. The molecule has 30 heteroatoms. The number of Topliss-reactive ketones (excluding diaryl/α,β-unsaturated/α-hetero) is 2. The quantitative estimate of drug-likeness (QED) is 0.00908. The Bertz CT molecular complexity index is 5370. The van der Waals surface area contributed by atoms with Crippen LogP contribution in [0.3, 0.4) is 0 Å². The summed E-state index contributed by atoms with van der Waals surface area (Å²) in [6, 6.07) is -1.18. The van der Waals surface area contributed by atoms with Crippen LogP contribution in [0.15, 0.2) is 35.5 Å². The fraction of sp³-hybridized carbons (Fsp3) is 0.406. The van der Waals surface area contributed by atoms with E-state index in [1.54, 1.807) is 61.7 Å². The molecule has 6 N–H and O–H groups in total. The van der Waals surface area contributed by atoms with Crippen LogP contribution in [0.1, 0.15) is 181 Å². The number of rotatable bonds is 21. The predicted molar refractivity (Wildman–Crippen MR) is 516 cm³/mol. The summed E-state index contributed by atoms with van der Waals surface area (Å²) in [7, 11) is 4.56. The van der Waals surface area contributed by atoms with Crippen molar-refractivity contribution < 1.29 is 187 Å². The normalized spacial score (nSPS) is 22.0. The minimum Gasteiger partial charge on any atom is -0.460 e. The van der Waals surface area contributed by atoms with E-state index in [9.17, 15) is 39.3 Å². The molecule has 0 radical (unpaired) electrons. The van der Waals surface area contributed by atoms with Gasteiger partial charge in [-0.25, -0.2) is 20.1 Å². The van der Waals surface area contributed by atoms with Crippen molar-refractivity contribution in [2.45, 2.75) is 194 Å². The van der Waals surface area contributed by atoms with Gasteiger partial charge in [-0.2, -0.15) is 0 Å². The van der Waals surface area contributed by atoms with Crippen LogP contribution in [0.5, 0.6) is 0 Å². The van der Waals surface area contributed by atoms with Crippen molar-refractivity contribution >= 4 is 29.4 Å². The number of methoxy groups -OCH3 is 3. The Hall–Kier alpha value is -14.0. The Morgan fingerprint density at radius 3 is 1.35 bits per heavy atom. The first-order chi connectivity index (χ1) is 61.1. The molecule has 1 aliphatic carbocycles. The molecule has 3 heterocycles. The summed E-state index contributed by atoms with van der Waals surface area (Å²) < 4.78 is 35.1. The van der Waals surface area contributed by atoms with Crippen LogP contribution in [-0.4, -0.2) is 149 Å². The Balaban J connectivity index is -0.0000000490. The second kappa shape index (κ2) is 69.5. The van der Waals surface area contributed by atoms with Crippen molar-refractivity contribution in [2.75, 3.05) is 27.9 Å². The lowest BCUT2D eigenvalue weighted by molar-refractivity contribution is -0.816. The Morgan fingerprint density at radius 1 is 0.548 bits per heavy atom. The molecule has 714 valence electrons. The van der Waals surface area contributed by atoms with E-state index in [0.29, 0.717) is 50.5 Å². The van der Waals surface area contributed by atoms with Crippen molar-refractivity contribution in [2.24, 2.45) is 29.6 Å². The largest absolute Gasteiger partial charge is 0.460 e. The number of ether oxygens (including phenoxy) is 6. The predicted octanol–water partition coefficient (Wildman–Crippen LogP) is 13.1. The van der Waals surface area contributed by atoms with Gasteiger partial charge in [-0.1, -0.05) is 66.4 Å². The first-order valence-corrected chi connectivity index (χ1v) is 37.6. The van der Waals surface area contributed by atoms with E-state index in [1.807, 2.05) is 26.0 Å². The topological polar surface area (TPSA) is 368 Å². The zero-order valence-corrected chi connectivity index (χ0v) is 70.5. The Morgan fingerprint density at radius 2 is 0.952 bits per heavy atom. The van der Waals surface area contributed by atoms with Crippen LogP contribution in [0.4, 0.5) is 0 Å². The van der Waals surface area contributed by atoms with Gasteiger partial charge in [0.1, 0.15) is 24.0 Å². The summed E-state index contributed by atoms with van der Waals surface area (Å²) in [5, 5.41) is 82.2. The summed E-state index contributed by atoms with van der Waals surface area (Å²) in [5.41, 5.74) is 2.85. The van der Waals surface area contributed by atoms with Crippen molar-refractivity contribution in [1.82, 2.24) is 10.5 Å². The monoisotopic (exact) mass is 1780 g/mol. The van der Waals surface area contributed by atoms with Gasteiger partial charge in [-0.3, -0.25) is 14.4 Å². The highest BCUT2D eigenvalue weighted by molar-refractivity contribution is 6.39. The molecule has 0 aromatic carbocycles. The zero-order chi connectivity index (χ0) is 92.5. The number of hydrogen-bond acceptors (Lipinski definition) is 29. The van der Waals surface area contributed by atoms with Gasteiger partial charge in [0.25, 0.3) is 11.7 Å². The third-order valence-corrected chi connectivity index (χ3v) is 16.8. The number of nitrogens with one attached hydrogen (secondary N) is 1. The molecule has 0 aromatic rings. The molecule has 1 amide bonds. The summed E-state index contributed by atoms with van der Waals surface area (Å²) >= 11 is 0. The molecular formula is C96H152N2O28. The second-order valence-electron chi connectivity index (χ2n) is 25.8. The molecule has 0 unspecified atom stereocenters. The summed E-state index contributed by atoms with van der Waals surface area (Å²) in [6.07, 6.45) is 4.70. The van der Waals surface area contributed by atoms with Gasteiger partial charge in [0.05, 0.1) is 36.6 Å². The number of hydrogen-bond donors (Lipinski definition) is 6. The molecule has 3 fully saturated rings. The number of piperidine rings is 1. The van der Waals surface area contributed by atoms with Gasteiger partial charge in [-0.05, 0) is 274 Å². The number of amides is 1. The average molecular weight is 1780 g/mol. The summed E-state index contributed by atoms with van der Waals surface area (Å²) in [6.45, 7) is 15.9. The fourth-order valence-corrected chi connectivity index (χ4v) is 11.4. The minimum atomic E-state index is -2.55. The fourth-order valence-electron chi connectivity index (χ4n) is 11.4. The van der Waals surface area contributed by atoms with E-state index in [2.05, 4.69) is 333 Å². The molecule has 14 atom stereocenters. The lowest BCUT2D eigenvalue weighted by Gasteiger charge is -2.47. The molecule has 3 aliphatic heterocycles. The maximum atomic E-state index is 14.4. The number of carbonyl (C=O) groups is 5. The highest BCUT2D eigenvalue weighted by Crippen LogP contribution is 2.40. The molecular weight excluding hydrogens is 1630 g/mol. The molecule has 2 bridgehead atoms. The van der Waals surface area contributed by atoms with E-state index < -0.39 is 95.9 Å². The number of esters is 2. The maximum absolute atomic E-state index is 14.4. The number of carbonyl (C=O) groups excluding carboxylic acids is 5. The van der Waals surface area contributed by atoms with E-state index in [0.717, 1.165) is 10.5 Å². The Kier molecular flexibility index (Phi) is 59.6. The molecule has 126 heavy (non-hydrogen) atoms. The first kappa shape index (κ1) is 108. The standard InChI is InChI=1S/C48H75NO14.C48H6.H3NO14.34H2/c1-27(2)61-42(53)16-13-14-34-21-28(3)20-29(4)22-40(59-9)44-41(60-10)24-31(6)48(57,63-44)45(54)46(55)49-19-12-11-15-35(49)47(56)62-43(32(7)37(51)26-38(34)52)30(5)23-33-17-18-36(50)39(25-33)58-8;1-3-5-7-9-11-13-15-17-19-21-23-25-27-29-31-33-35-37-39-41-43-45-47-48-46-44-42-40-38-36-34-32-30-28-26-24-22-20-18-16-14-12-10-8-6-4-2;2-6-10-14-12-8-4-1-5-9-13-15-11-7-3;;;;;;;;;;;;;;;;;;;;;;;;;;;;;;;;;;/h13,16,21,23,27,29,31-37,39-41,43-44,50-51,57H,11-12,14-15,17-20,22,24-26H2,1-10H3;1-2H3;1-3H;34*1H/b16-13+,28-21+,30-23+;;;;;;;;;;;;;;;;;;;;;;;;;;;;;;;;;;;;/t29-,31+,32+,33-,34+,35-,36+,37-,39+,40-,41-,43+,44+,48+;;;;;;;;;;;;;;;;;;;;;;;;;;;;;;;;;;;;/m0..................................../s1. The molecule has 4 aliphatic rings. The van der Waals surface area contributed by atoms with Gasteiger partial charge < -0.3 is 48.6 Å². The number of cyclic esters (lactones) is 1. The minimum absolute atomic E-state index is 0. The van der Waals surface area contributed by atoms with Gasteiger partial charge in [0.15, 0.2) is 0 Å². The third kappa shape index (κ3) is 48.6. The van der Waals surface area contributed by atoms with Crippen LogP contribution in [0.2, 0.25) is 0 Å². The van der Waals surface area contributed by atoms with Crippen molar-refractivity contribution in [3.8, 4) is 272 Å². The highest BCUT2D eigenvalue weighted by Gasteiger charge is 2.57. The molecule has 2 saturated heterocycles. The SMILES string of the molecule is CC#CC#CC#CC#CC#CC#CC#CC#CC#CC#CC#CC#CC#CC#CC#CC#CC#CC#CC#CC#CC#CC#CC#CC.CO[C@H]1C[C@@H](C)C/C(C)=C/[C@@H](C/C=C/C(=O)OC(C)C)C(=O)C[C@H](O)[C@@H](C)[C@@H](/C(C)=C/[C@@H]2CC[C@@H](O)[C@H](OC)C2)OC(=O)[C@@H]2CCCCN2C(=O)C(=O)[C@]2(O)O[C@H]1[C@@H](OC)C[C@H]2C.OOOOOOONOOOOOOO.[HH].[HH].[HH].[HH].[HH].[HH].[HH].[HH].[HH].[HH].[HH].[HH].[HH].[HH].[HH].[HH].[HH].[HH].[HH].[HH].[HH].[HH].[HH].[HH].[HH].[HH].[HH].[HH].[HH].[HH].[HH].[HH].[HH].[HH]. The van der Waals surface area contributed by atoms with Crippen LogP contribution >= 0.6 is 0 Å². The number of aliphatic hydroxyl groups is 3. The maximum Gasteiger partial charge on any atom is 0.330 e.